The fourth-order valence-corrected chi connectivity index (χ4v) is 5.34. The highest BCUT2D eigenvalue weighted by Crippen LogP contribution is 2.52. The lowest BCUT2D eigenvalue weighted by Gasteiger charge is -2.22. The molecule has 2 atom stereocenters. The maximum absolute atomic E-state index is 6.54. The molecule has 0 spiro atoms. The summed E-state index contributed by atoms with van der Waals surface area (Å²) in [4.78, 5) is 0. The van der Waals surface area contributed by atoms with Gasteiger partial charge >= 0.3 is 8.60 Å². The van der Waals surface area contributed by atoms with E-state index in [1.807, 2.05) is 42.5 Å². The van der Waals surface area contributed by atoms with Crippen molar-refractivity contribution in [3.63, 3.8) is 0 Å². The summed E-state index contributed by atoms with van der Waals surface area (Å²) in [6.45, 7) is 0. The molecule has 146 valence electrons. The molecule has 2 aliphatic rings. The van der Waals surface area contributed by atoms with E-state index in [-0.39, 0.29) is 6.10 Å². The summed E-state index contributed by atoms with van der Waals surface area (Å²) in [6.07, 6.45) is 7.05. The predicted octanol–water partition coefficient (Wildman–Crippen LogP) is 7.42. The van der Waals surface area contributed by atoms with Crippen molar-refractivity contribution >= 4 is 35.7 Å². The van der Waals surface area contributed by atoms with Gasteiger partial charge in [-0.05, 0) is 34.9 Å². The Kier molecular flexibility index (Phi) is 4.30. The zero-order valence-corrected chi connectivity index (χ0v) is 17.1. The first-order valence-electron chi connectivity index (χ1n) is 10.1. The van der Waals surface area contributed by atoms with Gasteiger partial charge in [0.2, 0.25) is 0 Å². The van der Waals surface area contributed by atoms with E-state index in [1.165, 1.54) is 0 Å². The second kappa shape index (κ2) is 7.28. The van der Waals surface area contributed by atoms with Crippen LogP contribution in [0.4, 0.5) is 0 Å². The molecule has 1 aliphatic heterocycles. The van der Waals surface area contributed by atoms with E-state index in [0.717, 1.165) is 50.6 Å². The third-order valence-corrected chi connectivity index (χ3v) is 6.68. The molecule has 0 saturated heterocycles. The Hall–Kier alpha value is -3.13. The standard InChI is InChI=1S/C26H19O3P/c1-3-11-20-18(9-1)17-19-10-2-4-12-21(19)26(20)29-30-27-24-15-7-5-13-22(24)23-14-6-8-16-25(23)28-30/h1-15,17,25H,16H2. The van der Waals surface area contributed by atoms with Gasteiger partial charge in [0, 0.05) is 16.3 Å². The molecule has 4 aromatic carbocycles. The fourth-order valence-electron chi connectivity index (χ4n) is 4.15. The Balaban J connectivity index is 1.47. The molecule has 6 rings (SSSR count). The summed E-state index contributed by atoms with van der Waals surface area (Å²) in [5, 5.41) is 4.39. The molecule has 4 heteroatoms. The molecule has 0 radical (unpaired) electrons. The molecule has 0 aromatic heterocycles. The van der Waals surface area contributed by atoms with Gasteiger partial charge in [-0.2, -0.15) is 0 Å². The molecule has 0 N–H and O–H groups in total. The van der Waals surface area contributed by atoms with Crippen LogP contribution < -0.4 is 9.05 Å². The molecule has 2 unspecified atom stereocenters. The summed E-state index contributed by atoms with van der Waals surface area (Å²) in [6, 6.07) is 26.9. The lowest BCUT2D eigenvalue weighted by molar-refractivity contribution is 0.231. The molecule has 0 fully saturated rings. The molecule has 3 nitrogen and oxygen atoms in total. The van der Waals surface area contributed by atoms with Crippen LogP contribution in [0.2, 0.25) is 0 Å². The number of fused-ring (bicyclic) bond motifs is 5. The Labute approximate surface area is 176 Å². The number of para-hydroxylation sites is 1. The molecule has 1 heterocycles. The van der Waals surface area contributed by atoms with E-state index in [1.54, 1.807) is 0 Å². The minimum absolute atomic E-state index is 0.0778. The van der Waals surface area contributed by atoms with Gasteiger partial charge < -0.3 is 9.05 Å². The molecule has 1 aliphatic carbocycles. The average Bonchev–Trinajstić information content (AvgIpc) is 2.95. The monoisotopic (exact) mass is 410 g/mol. The number of hydrogen-bond donors (Lipinski definition) is 0. The molecule has 30 heavy (non-hydrogen) atoms. The van der Waals surface area contributed by atoms with E-state index < -0.39 is 8.60 Å². The third kappa shape index (κ3) is 2.99. The topological polar surface area (TPSA) is 27.7 Å². The lowest BCUT2D eigenvalue weighted by atomic mass is 9.94. The molecule has 0 saturated carbocycles. The molecule has 0 bridgehead atoms. The maximum Gasteiger partial charge on any atom is 0.463 e. The zero-order chi connectivity index (χ0) is 19.9. The first-order chi connectivity index (χ1) is 14.9. The van der Waals surface area contributed by atoms with Crippen molar-refractivity contribution < 1.29 is 13.6 Å². The van der Waals surface area contributed by atoms with E-state index in [0.29, 0.717) is 0 Å². The van der Waals surface area contributed by atoms with E-state index in [9.17, 15) is 0 Å². The first kappa shape index (κ1) is 17.7. The van der Waals surface area contributed by atoms with Gasteiger partial charge in [0.15, 0.2) is 0 Å². The molecular formula is C26H19O3P. The van der Waals surface area contributed by atoms with Crippen LogP contribution in [-0.2, 0) is 4.52 Å². The summed E-state index contributed by atoms with van der Waals surface area (Å²) in [7, 11) is -1.63. The van der Waals surface area contributed by atoms with E-state index in [2.05, 4.69) is 54.6 Å². The van der Waals surface area contributed by atoms with Crippen LogP contribution in [0, 0.1) is 0 Å². The Morgan fingerprint density at radius 2 is 1.53 bits per heavy atom. The van der Waals surface area contributed by atoms with Gasteiger partial charge in [0.1, 0.15) is 11.5 Å². The van der Waals surface area contributed by atoms with Gasteiger partial charge in [-0.3, -0.25) is 4.52 Å². The minimum Gasteiger partial charge on any atom is -0.417 e. The van der Waals surface area contributed by atoms with Crippen molar-refractivity contribution in [2.45, 2.75) is 12.5 Å². The zero-order valence-electron chi connectivity index (χ0n) is 16.2. The molecule has 0 amide bonds. The second-order valence-corrected chi connectivity index (χ2v) is 8.45. The van der Waals surface area contributed by atoms with E-state index >= 15 is 0 Å². The third-order valence-electron chi connectivity index (χ3n) is 5.58. The Bertz CT molecular complexity index is 1270. The highest BCUT2D eigenvalue weighted by molar-refractivity contribution is 7.42. The van der Waals surface area contributed by atoms with Crippen LogP contribution in [0.15, 0.2) is 97.1 Å². The van der Waals surface area contributed by atoms with Crippen LogP contribution in [-0.4, -0.2) is 6.10 Å². The van der Waals surface area contributed by atoms with Crippen molar-refractivity contribution in [2.24, 2.45) is 0 Å². The van der Waals surface area contributed by atoms with Crippen LogP contribution in [0.25, 0.3) is 27.1 Å². The molecule has 4 aromatic rings. The van der Waals surface area contributed by atoms with Crippen LogP contribution in [0.5, 0.6) is 11.5 Å². The quantitative estimate of drug-likeness (QED) is 0.254. The molecular weight excluding hydrogens is 391 g/mol. The summed E-state index contributed by atoms with van der Waals surface area (Å²) >= 11 is 0. The largest absolute Gasteiger partial charge is 0.463 e. The van der Waals surface area contributed by atoms with Crippen molar-refractivity contribution in [2.75, 3.05) is 0 Å². The minimum atomic E-state index is -1.63. The van der Waals surface area contributed by atoms with Crippen molar-refractivity contribution in [3.8, 4) is 11.5 Å². The number of hydrogen-bond acceptors (Lipinski definition) is 3. The maximum atomic E-state index is 6.54. The summed E-state index contributed by atoms with van der Waals surface area (Å²) in [5.74, 6) is 1.61. The van der Waals surface area contributed by atoms with Crippen molar-refractivity contribution in [1.82, 2.24) is 0 Å². The summed E-state index contributed by atoms with van der Waals surface area (Å²) < 4.78 is 19.2. The Morgan fingerprint density at radius 1 is 0.833 bits per heavy atom. The highest BCUT2D eigenvalue weighted by Gasteiger charge is 2.33. The predicted molar refractivity (Wildman–Crippen MR) is 123 cm³/mol. The van der Waals surface area contributed by atoms with Crippen molar-refractivity contribution in [1.29, 1.82) is 0 Å². The van der Waals surface area contributed by atoms with Gasteiger partial charge in [-0.1, -0.05) is 85.0 Å². The van der Waals surface area contributed by atoms with Crippen LogP contribution >= 0.6 is 8.60 Å². The Morgan fingerprint density at radius 3 is 2.33 bits per heavy atom. The highest BCUT2D eigenvalue weighted by atomic mass is 31.2. The SMILES string of the molecule is C1=CCC2OP(Oc3c4ccccc4cc4ccccc34)Oc3ccccc3C2=C1. The van der Waals surface area contributed by atoms with Crippen LogP contribution in [0.1, 0.15) is 12.0 Å². The van der Waals surface area contributed by atoms with Crippen LogP contribution in [0.3, 0.4) is 0 Å². The second-order valence-electron chi connectivity index (χ2n) is 7.43. The number of rotatable bonds is 2. The van der Waals surface area contributed by atoms with E-state index in [4.69, 9.17) is 13.6 Å². The van der Waals surface area contributed by atoms with Crippen molar-refractivity contribution in [3.05, 3.63) is 103 Å². The fraction of sp³-hybridized carbons (Fsp3) is 0.0769. The van der Waals surface area contributed by atoms with Gasteiger partial charge in [-0.15, -0.1) is 0 Å². The average molecular weight is 410 g/mol. The first-order valence-corrected chi connectivity index (χ1v) is 11.2. The summed E-state index contributed by atoms with van der Waals surface area (Å²) in [5.41, 5.74) is 2.22. The smallest absolute Gasteiger partial charge is 0.417 e. The lowest BCUT2D eigenvalue weighted by Crippen LogP contribution is -2.13. The number of allylic oxidation sites excluding steroid dienone is 2. The van der Waals surface area contributed by atoms with Gasteiger partial charge in [-0.25, -0.2) is 0 Å². The van der Waals surface area contributed by atoms with Gasteiger partial charge in [0.05, 0.1) is 6.10 Å². The normalized spacial score (nSPS) is 20.1. The number of benzene rings is 4. The van der Waals surface area contributed by atoms with Gasteiger partial charge in [0.25, 0.3) is 0 Å².